The lowest BCUT2D eigenvalue weighted by Crippen LogP contribution is -2.63. The average Bonchev–Trinajstić information content (AvgIpc) is 3.24. The van der Waals surface area contributed by atoms with Gasteiger partial charge in [-0.1, -0.05) is 17.7 Å². The zero-order chi connectivity index (χ0) is 16.7. The van der Waals surface area contributed by atoms with E-state index in [1.807, 2.05) is 6.07 Å². The number of benzene rings is 1. The van der Waals surface area contributed by atoms with Gasteiger partial charge >= 0.3 is 0 Å². The summed E-state index contributed by atoms with van der Waals surface area (Å²) in [5.41, 5.74) is 2.48. The van der Waals surface area contributed by atoms with Gasteiger partial charge in [-0.3, -0.25) is 4.79 Å². The van der Waals surface area contributed by atoms with Gasteiger partial charge in [-0.2, -0.15) is 0 Å². The van der Waals surface area contributed by atoms with E-state index in [1.165, 1.54) is 17.5 Å². The maximum absolute atomic E-state index is 12.1. The lowest BCUT2D eigenvalue weighted by atomic mass is 9.97. The van der Waals surface area contributed by atoms with Gasteiger partial charge in [0.1, 0.15) is 6.04 Å². The Bertz CT molecular complexity index is 677. The highest BCUT2D eigenvalue weighted by atomic mass is 35.5. The van der Waals surface area contributed by atoms with E-state index < -0.39 is 0 Å². The van der Waals surface area contributed by atoms with Crippen LogP contribution in [-0.2, 0) is 11.3 Å². The fourth-order valence-electron chi connectivity index (χ4n) is 4.05. The molecule has 3 N–H and O–H groups in total. The Morgan fingerprint density at radius 2 is 2.12 bits per heavy atom. The first-order valence-electron chi connectivity index (χ1n) is 8.50. The molecule has 3 atom stereocenters. The van der Waals surface area contributed by atoms with Gasteiger partial charge in [-0.05, 0) is 67.8 Å². The molecule has 24 heavy (non-hydrogen) atoms. The van der Waals surface area contributed by atoms with Gasteiger partial charge in [0.2, 0.25) is 5.91 Å². The summed E-state index contributed by atoms with van der Waals surface area (Å²) in [5, 5.41) is 11.0. The molecule has 0 aliphatic carbocycles. The van der Waals surface area contributed by atoms with Gasteiger partial charge in [-0.25, -0.2) is 0 Å². The fourth-order valence-corrected chi connectivity index (χ4v) is 4.54. The van der Waals surface area contributed by atoms with Gasteiger partial charge in [0, 0.05) is 17.6 Å². The maximum Gasteiger partial charge on any atom is 0.245 e. The van der Waals surface area contributed by atoms with Crippen LogP contribution in [-0.4, -0.2) is 41.1 Å². The number of thiocarbonyl (C=S) groups is 1. The van der Waals surface area contributed by atoms with Crippen LogP contribution in [0.4, 0.5) is 0 Å². The number of rotatable bonds is 3. The quantitative estimate of drug-likeness (QED) is 0.713. The lowest BCUT2D eigenvalue weighted by molar-refractivity contribution is -0.123. The highest BCUT2D eigenvalue weighted by Gasteiger charge is 2.42. The summed E-state index contributed by atoms with van der Waals surface area (Å²) in [7, 11) is 0. The van der Waals surface area contributed by atoms with Crippen LogP contribution in [0.2, 0.25) is 5.02 Å². The predicted octanol–water partition coefficient (Wildman–Crippen LogP) is 1.71. The van der Waals surface area contributed by atoms with E-state index in [0.29, 0.717) is 17.7 Å². The van der Waals surface area contributed by atoms with E-state index in [2.05, 4.69) is 33.0 Å². The molecule has 0 aromatic heterocycles. The predicted molar refractivity (Wildman–Crippen MR) is 97.9 cm³/mol. The molecule has 2 unspecified atom stereocenters. The summed E-state index contributed by atoms with van der Waals surface area (Å²) in [5.74, 6) is -0.00691. The van der Waals surface area contributed by atoms with Gasteiger partial charge in [0.15, 0.2) is 5.11 Å². The number of carbonyl (C=O) groups excluding carboxylic acids is 1. The van der Waals surface area contributed by atoms with Gasteiger partial charge in [0.25, 0.3) is 0 Å². The summed E-state index contributed by atoms with van der Waals surface area (Å²) in [6.45, 7) is 2.59. The number of nitrogens with one attached hydrogen (secondary N) is 3. The number of carbonyl (C=O) groups is 1. The Labute approximate surface area is 152 Å². The van der Waals surface area contributed by atoms with Crippen molar-refractivity contribution < 1.29 is 4.79 Å². The molecule has 5 nitrogen and oxygen atoms in total. The van der Waals surface area contributed by atoms with Crippen molar-refractivity contribution in [2.75, 3.05) is 13.1 Å². The van der Waals surface area contributed by atoms with Crippen LogP contribution in [0.5, 0.6) is 0 Å². The molecule has 1 aromatic rings. The molecule has 1 amide bonds. The first-order valence-corrected chi connectivity index (χ1v) is 9.28. The SMILES string of the molecule is O=C1NC(=S)N(Cc2ccc(Cl)cc2[C@@H]2CCCN2)C2CCNC12. The topological polar surface area (TPSA) is 56.4 Å². The van der Waals surface area contributed by atoms with Crippen molar-refractivity contribution in [1.29, 1.82) is 0 Å². The van der Waals surface area contributed by atoms with Crippen molar-refractivity contribution in [3.05, 3.63) is 34.3 Å². The minimum atomic E-state index is -0.169. The van der Waals surface area contributed by atoms with E-state index in [9.17, 15) is 4.79 Å². The number of halogens is 1. The normalized spacial score (nSPS) is 29.7. The molecule has 3 aliphatic rings. The van der Waals surface area contributed by atoms with Crippen LogP contribution >= 0.6 is 23.8 Å². The largest absolute Gasteiger partial charge is 0.339 e. The van der Waals surface area contributed by atoms with Crippen molar-refractivity contribution in [2.45, 2.75) is 43.9 Å². The molecule has 3 saturated heterocycles. The Balaban J connectivity index is 1.62. The van der Waals surface area contributed by atoms with Crippen molar-refractivity contribution in [2.24, 2.45) is 0 Å². The number of hydrogen-bond acceptors (Lipinski definition) is 4. The average molecular weight is 365 g/mol. The van der Waals surface area contributed by atoms with E-state index >= 15 is 0 Å². The maximum atomic E-state index is 12.1. The summed E-state index contributed by atoms with van der Waals surface area (Å²) in [4.78, 5) is 14.2. The molecule has 3 heterocycles. The van der Waals surface area contributed by atoms with E-state index in [4.69, 9.17) is 23.8 Å². The molecule has 0 radical (unpaired) electrons. The molecule has 4 rings (SSSR count). The second-order valence-electron chi connectivity index (χ2n) is 6.70. The highest BCUT2D eigenvalue weighted by Crippen LogP contribution is 2.31. The van der Waals surface area contributed by atoms with E-state index in [0.717, 1.165) is 31.0 Å². The Hall–Kier alpha value is -1.21. The van der Waals surface area contributed by atoms with E-state index in [-0.39, 0.29) is 18.0 Å². The molecular weight excluding hydrogens is 344 g/mol. The number of amides is 1. The Morgan fingerprint density at radius 3 is 2.92 bits per heavy atom. The third-order valence-corrected chi connectivity index (χ3v) is 5.82. The van der Waals surface area contributed by atoms with Crippen LogP contribution in [0.15, 0.2) is 18.2 Å². The van der Waals surface area contributed by atoms with Crippen molar-refractivity contribution in [3.63, 3.8) is 0 Å². The Morgan fingerprint density at radius 1 is 1.25 bits per heavy atom. The summed E-state index contributed by atoms with van der Waals surface area (Å²) in [6, 6.07) is 6.41. The Kier molecular flexibility index (Phi) is 4.47. The number of fused-ring (bicyclic) bond motifs is 1. The van der Waals surface area contributed by atoms with Gasteiger partial charge in [0.05, 0.1) is 6.04 Å². The molecular formula is C17H21ClN4OS. The zero-order valence-electron chi connectivity index (χ0n) is 13.3. The van der Waals surface area contributed by atoms with Gasteiger partial charge in [-0.15, -0.1) is 0 Å². The smallest absolute Gasteiger partial charge is 0.245 e. The molecule has 0 bridgehead atoms. The number of nitrogens with zero attached hydrogens (tertiary/aromatic N) is 1. The second kappa shape index (κ2) is 6.59. The van der Waals surface area contributed by atoms with Crippen LogP contribution in [0, 0.1) is 0 Å². The molecule has 0 saturated carbocycles. The van der Waals surface area contributed by atoms with Gasteiger partial charge < -0.3 is 20.9 Å². The van der Waals surface area contributed by atoms with Crippen LogP contribution in [0.1, 0.15) is 36.4 Å². The fraction of sp³-hybridized carbons (Fsp3) is 0.529. The van der Waals surface area contributed by atoms with Crippen molar-refractivity contribution in [3.8, 4) is 0 Å². The minimum absolute atomic E-state index is 0.00691. The molecule has 0 spiro atoms. The number of hydrogen-bond donors (Lipinski definition) is 3. The lowest BCUT2D eigenvalue weighted by Gasteiger charge is -2.39. The first kappa shape index (κ1) is 16.3. The second-order valence-corrected chi connectivity index (χ2v) is 7.53. The summed E-state index contributed by atoms with van der Waals surface area (Å²) < 4.78 is 0. The highest BCUT2D eigenvalue weighted by molar-refractivity contribution is 7.80. The monoisotopic (exact) mass is 364 g/mol. The standard InChI is InChI=1S/C17H21ClN4OS/c18-11-4-3-10(12(8-11)13-2-1-6-19-13)9-22-14-5-7-20-15(14)16(23)21-17(22)24/h3-4,8,13-15,19-20H,1-2,5-7,9H2,(H,21,23,24)/t13-,14?,15?/m0/s1. The van der Waals surface area contributed by atoms with Crippen LogP contribution in [0.3, 0.4) is 0 Å². The van der Waals surface area contributed by atoms with Crippen molar-refractivity contribution >= 4 is 34.8 Å². The summed E-state index contributed by atoms with van der Waals surface area (Å²) in [6.07, 6.45) is 3.24. The summed E-state index contributed by atoms with van der Waals surface area (Å²) >= 11 is 11.7. The zero-order valence-corrected chi connectivity index (χ0v) is 14.9. The molecule has 7 heteroatoms. The third kappa shape index (κ3) is 2.92. The first-order chi connectivity index (χ1) is 11.6. The van der Waals surface area contributed by atoms with Crippen molar-refractivity contribution in [1.82, 2.24) is 20.9 Å². The van der Waals surface area contributed by atoms with E-state index in [1.54, 1.807) is 0 Å². The minimum Gasteiger partial charge on any atom is -0.339 e. The van der Waals surface area contributed by atoms with Crippen LogP contribution < -0.4 is 16.0 Å². The molecule has 128 valence electrons. The molecule has 1 aromatic carbocycles. The molecule has 3 aliphatic heterocycles. The molecule has 3 fully saturated rings. The third-order valence-electron chi connectivity index (χ3n) is 5.25. The van der Waals surface area contributed by atoms with Crippen LogP contribution in [0.25, 0.3) is 0 Å².